The molecule has 0 aliphatic carbocycles. The van der Waals surface area contributed by atoms with Gasteiger partial charge in [-0.3, -0.25) is 9.59 Å². The van der Waals surface area contributed by atoms with Crippen molar-refractivity contribution in [1.29, 1.82) is 0 Å². The molecule has 0 fully saturated rings. The summed E-state index contributed by atoms with van der Waals surface area (Å²) in [6, 6.07) is 21.9. The minimum absolute atomic E-state index is 0.103. The van der Waals surface area contributed by atoms with E-state index in [2.05, 4.69) is 5.32 Å². The first kappa shape index (κ1) is 19.8. The number of ketones is 1. The van der Waals surface area contributed by atoms with Crippen molar-refractivity contribution in [2.24, 2.45) is 0 Å². The quantitative estimate of drug-likeness (QED) is 0.492. The Kier molecular flexibility index (Phi) is 6.37. The van der Waals surface area contributed by atoms with Crippen molar-refractivity contribution in [1.82, 2.24) is 0 Å². The fourth-order valence-corrected chi connectivity index (χ4v) is 2.75. The average Bonchev–Trinajstić information content (AvgIpc) is 2.78. The number of benzene rings is 3. The summed E-state index contributed by atoms with van der Waals surface area (Å²) < 4.78 is 10.3. The number of carbonyl (C=O) groups excluding carboxylic acids is 3. The molecule has 0 aromatic heterocycles. The molecule has 0 saturated heterocycles. The van der Waals surface area contributed by atoms with Gasteiger partial charge in [0.05, 0.1) is 18.4 Å². The zero-order chi connectivity index (χ0) is 20.6. The fraction of sp³-hybridized carbons (Fsp3) is 0.0870. The van der Waals surface area contributed by atoms with E-state index >= 15 is 0 Å². The molecule has 3 aromatic carbocycles. The van der Waals surface area contributed by atoms with Crippen LogP contribution in [-0.4, -0.2) is 31.4 Å². The van der Waals surface area contributed by atoms with Crippen molar-refractivity contribution in [3.05, 3.63) is 95.6 Å². The lowest BCUT2D eigenvalue weighted by molar-refractivity contribution is -0.119. The molecule has 6 heteroatoms. The second kappa shape index (κ2) is 9.32. The van der Waals surface area contributed by atoms with E-state index in [1.807, 2.05) is 0 Å². The van der Waals surface area contributed by atoms with E-state index in [1.54, 1.807) is 72.8 Å². The Bertz CT molecular complexity index is 1030. The highest BCUT2D eigenvalue weighted by Gasteiger charge is 2.20. The van der Waals surface area contributed by atoms with Crippen LogP contribution in [0.4, 0.5) is 5.69 Å². The molecule has 0 aliphatic heterocycles. The van der Waals surface area contributed by atoms with Crippen LogP contribution in [0.25, 0.3) is 0 Å². The van der Waals surface area contributed by atoms with E-state index in [9.17, 15) is 14.4 Å². The largest absolute Gasteiger partial charge is 0.495 e. The van der Waals surface area contributed by atoms with Crippen LogP contribution in [0.1, 0.15) is 26.3 Å². The van der Waals surface area contributed by atoms with Crippen molar-refractivity contribution in [2.45, 2.75) is 0 Å². The molecule has 1 amide bonds. The molecule has 29 heavy (non-hydrogen) atoms. The molecular formula is C23H19NO5. The zero-order valence-corrected chi connectivity index (χ0v) is 15.8. The number of hydrogen-bond acceptors (Lipinski definition) is 5. The van der Waals surface area contributed by atoms with Crippen molar-refractivity contribution >= 4 is 23.3 Å². The van der Waals surface area contributed by atoms with E-state index in [4.69, 9.17) is 9.47 Å². The monoisotopic (exact) mass is 389 g/mol. The van der Waals surface area contributed by atoms with Gasteiger partial charge in [-0.2, -0.15) is 0 Å². The normalized spacial score (nSPS) is 10.1. The first-order valence-corrected chi connectivity index (χ1v) is 8.89. The van der Waals surface area contributed by atoms with Crippen molar-refractivity contribution in [3.8, 4) is 5.75 Å². The maximum absolute atomic E-state index is 12.7. The summed E-state index contributed by atoms with van der Waals surface area (Å²) in [6.45, 7) is -0.495. The second-order valence-corrected chi connectivity index (χ2v) is 6.07. The first-order valence-electron chi connectivity index (χ1n) is 8.89. The number of methoxy groups -OCH3 is 1. The molecule has 0 radical (unpaired) electrons. The fourth-order valence-electron chi connectivity index (χ4n) is 2.75. The van der Waals surface area contributed by atoms with Crippen molar-refractivity contribution < 1.29 is 23.9 Å². The molecule has 146 valence electrons. The molecule has 0 bridgehead atoms. The van der Waals surface area contributed by atoms with Gasteiger partial charge in [0.2, 0.25) is 0 Å². The summed E-state index contributed by atoms with van der Waals surface area (Å²) in [5, 5.41) is 2.62. The third kappa shape index (κ3) is 4.87. The van der Waals surface area contributed by atoms with E-state index in [0.717, 1.165) is 0 Å². The maximum Gasteiger partial charge on any atom is 0.339 e. The number of carbonyl (C=O) groups is 3. The molecular weight excluding hydrogens is 370 g/mol. The van der Waals surface area contributed by atoms with Crippen LogP contribution >= 0.6 is 0 Å². The number of anilines is 1. The van der Waals surface area contributed by atoms with Gasteiger partial charge < -0.3 is 14.8 Å². The summed E-state index contributed by atoms with van der Waals surface area (Å²) in [5.41, 5.74) is 1.25. The molecule has 1 N–H and O–H groups in total. The van der Waals surface area contributed by atoms with Gasteiger partial charge in [-0.25, -0.2) is 4.79 Å². The number of para-hydroxylation sites is 2. The number of amides is 1. The first-order chi connectivity index (χ1) is 14.1. The van der Waals surface area contributed by atoms with Gasteiger partial charge >= 0.3 is 5.97 Å². The Balaban J connectivity index is 1.68. The predicted molar refractivity (Wildman–Crippen MR) is 108 cm³/mol. The summed E-state index contributed by atoms with van der Waals surface area (Å²) in [6.07, 6.45) is 0. The SMILES string of the molecule is COc1ccccc1NC(=O)COC(=O)c1ccccc1C(=O)c1ccccc1. The number of nitrogens with one attached hydrogen (secondary N) is 1. The van der Waals surface area contributed by atoms with Crippen molar-refractivity contribution in [3.63, 3.8) is 0 Å². The summed E-state index contributed by atoms with van der Waals surface area (Å²) >= 11 is 0. The molecule has 3 rings (SSSR count). The van der Waals surface area contributed by atoms with Crippen LogP contribution < -0.4 is 10.1 Å². The molecule has 0 atom stereocenters. The zero-order valence-electron chi connectivity index (χ0n) is 15.8. The Hall–Kier alpha value is -3.93. The predicted octanol–water partition coefficient (Wildman–Crippen LogP) is 3.72. The molecule has 3 aromatic rings. The molecule has 0 heterocycles. The Morgan fingerprint density at radius 3 is 2.14 bits per heavy atom. The third-order valence-corrected chi connectivity index (χ3v) is 4.14. The lowest BCUT2D eigenvalue weighted by atomic mass is 9.98. The number of rotatable bonds is 7. The Morgan fingerprint density at radius 1 is 0.793 bits per heavy atom. The molecule has 0 aliphatic rings. The summed E-state index contributed by atoms with van der Waals surface area (Å²) in [7, 11) is 1.49. The van der Waals surface area contributed by atoms with E-state index < -0.39 is 18.5 Å². The minimum Gasteiger partial charge on any atom is -0.495 e. The van der Waals surface area contributed by atoms with Crippen LogP contribution in [0.15, 0.2) is 78.9 Å². The third-order valence-electron chi connectivity index (χ3n) is 4.14. The second-order valence-electron chi connectivity index (χ2n) is 6.07. The van der Waals surface area contributed by atoms with Crippen LogP contribution in [0.2, 0.25) is 0 Å². The smallest absolute Gasteiger partial charge is 0.339 e. The van der Waals surface area contributed by atoms with Crippen LogP contribution in [-0.2, 0) is 9.53 Å². The van der Waals surface area contributed by atoms with Gasteiger partial charge in [0, 0.05) is 11.1 Å². The van der Waals surface area contributed by atoms with E-state index in [-0.39, 0.29) is 16.9 Å². The number of ether oxygens (including phenoxy) is 2. The summed E-state index contributed by atoms with van der Waals surface area (Å²) in [5.74, 6) is -1.07. The van der Waals surface area contributed by atoms with Crippen molar-refractivity contribution in [2.75, 3.05) is 19.0 Å². The lowest BCUT2D eigenvalue weighted by Gasteiger charge is -2.11. The topological polar surface area (TPSA) is 81.7 Å². The average molecular weight is 389 g/mol. The van der Waals surface area contributed by atoms with E-state index in [1.165, 1.54) is 13.2 Å². The van der Waals surface area contributed by atoms with Gasteiger partial charge in [0.15, 0.2) is 12.4 Å². The molecule has 0 spiro atoms. The van der Waals surface area contributed by atoms with Crippen LogP contribution in [0.3, 0.4) is 0 Å². The van der Waals surface area contributed by atoms with Crippen LogP contribution in [0.5, 0.6) is 5.75 Å². The van der Waals surface area contributed by atoms with Gasteiger partial charge in [-0.05, 0) is 18.2 Å². The highest BCUT2D eigenvalue weighted by molar-refractivity contribution is 6.14. The van der Waals surface area contributed by atoms with Crippen LogP contribution in [0, 0.1) is 0 Å². The number of hydrogen-bond donors (Lipinski definition) is 1. The van der Waals surface area contributed by atoms with Gasteiger partial charge in [0.25, 0.3) is 5.91 Å². The Labute approximate surface area is 168 Å². The minimum atomic E-state index is -0.750. The maximum atomic E-state index is 12.7. The lowest BCUT2D eigenvalue weighted by Crippen LogP contribution is -2.22. The number of esters is 1. The molecule has 6 nitrogen and oxygen atoms in total. The standard InChI is InChI=1S/C23H19NO5/c1-28-20-14-8-7-13-19(20)24-21(25)15-29-23(27)18-12-6-5-11-17(18)22(26)16-9-3-2-4-10-16/h2-14H,15H2,1H3,(H,24,25). The highest BCUT2D eigenvalue weighted by atomic mass is 16.5. The Morgan fingerprint density at radius 2 is 1.41 bits per heavy atom. The van der Waals surface area contributed by atoms with Gasteiger partial charge in [-0.1, -0.05) is 60.7 Å². The summed E-state index contributed by atoms with van der Waals surface area (Å²) in [4.78, 5) is 37.4. The van der Waals surface area contributed by atoms with Gasteiger partial charge in [-0.15, -0.1) is 0 Å². The highest BCUT2D eigenvalue weighted by Crippen LogP contribution is 2.23. The van der Waals surface area contributed by atoms with Gasteiger partial charge in [0.1, 0.15) is 5.75 Å². The molecule has 0 saturated carbocycles. The van der Waals surface area contributed by atoms with E-state index in [0.29, 0.717) is 17.0 Å². The molecule has 0 unspecified atom stereocenters.